The van der Waals surface area contributed by atoms with Crippen LogP contribution in [0.4, 0.5) is 5.69 Å². The fourth-order valence-corrected chi connectivity index (χ4v) is 2.78. The number of furan rings is 1. The summed E-state index contributed by atoms with van der Waals surface area (Å²) >= 11 is 11.2. The quantitative estimate of drug-likeness (QED) is 0.585. The molecule has 3 aromatic rings. The van der Waals surface area contributed by atoms with Gasteiger partial charge in [-0.1, -0.05) is 35.9 Å². The van der Waals surface area contributed by atoms with Crippen LogP contribution in [0.15, 0.2) is 65.1 Å². The third-order valence-electron chi connectivity index (χ3n) is 3.57. The van der Waals surface area contributed by atoms with Gasteiger partial charge < -0.3 is 14.8 Å². The highest BCUT2D eigenvalue weighted by Gasteiger charge is 2.11. The lowest BCUT2D eigenvalue weighted by molar-refractivity contribution is 0.0978. The van der Waals surface area contributed by atoms with Gasteiger partial charge >= 0.3 is 0 Å². The first-order chi connectivity index (χ1) is 12.6. The van der Waals surface area contributed by atoms with E-state index in [1.807, 2.05) is 24.3 Å². The number of carbonyl (C=O) groups excluding carboxylic acids is 1. The fourth-order valence-electron chi connectivity index (χ4n) is 2.35. The second-order valence-corrected chi connectivity index (χ2v) is 6.21. The van der Waals surface area contributed by atoms with Gasteiger partial charge in [-0.3, -0.25) is 10.1 Å². The minimum atomic E-state index is -0.386. The molecule has 0 aliphatic heterocycles. The van der Waals surface area contributed by atoms with Crippen molar-refractivity contribution in [3.63, 3.8) is 0 Å². The highest BCUT2D eigenvalue weighted by molar-refractivity contribution is 7.80. The largest absolute Gasteiger partial charge is 0.459 e. The number of hydrogen-bond acceptors (Lipinski definition) is 4. The van der Waals surface area contributed by atoms with Crippen LogP contribution >= 0.6 is 23.8 Å². The molecule has 1 amide bonds. The van der Waals surface area contributed by atoms with Crippen molar-refractivity contribution in [2.75, 3.05) is 5.32 Å². The molecule has 1 aromatic heterocycles. The molecule has 0 radical (unpaired) electrons. The number of nitrogens with one attached hydrogen (secondary N) is 2. The van der Waals surface area contributed by atoms with Crippen LogP contribution in [0.5, 0.6) is 0 Å². The van der Waals surface area contributed by atoms with E-state index in [1.54, 1.807) is 36.4 Å². The molecule has 132 valence electrons. The SMILES string of the molecule is O=C(NC(=S)Nc1cccc(-c2ccc(CO)o2)c1)c1ccccc1Cl. The van der Waals surface area contributed by atoms with E-state index in [2.05, 4.69) is 10.6 Å². The first kappa shape index (κ1) is 18.1. The average molecular weight is 387 g/mol. The number of rotatable bonds is 4. The lowest BCUT2D eigenvalue weighted by Crippen LogP contribution is -2.34. The maximum absolute atomic E-state index is 12.2. The van der Waals surface area contributed by atoms with Crippen LogP contribution in [-0.4, -0.2) is 16.1 Å². The zero-order valence-corrected chi connectivity index (χ0v) is 15.1. The molecule has 0 saturated carbocycles. The standard InChI is InChI=1S/C19H15ClN2O3S/c20-16-7-2-1-6-15(16)18(24)22-19(26)21-13-5-3-4-12(10-13)17-9-8-14(11-23)25-17/h1-10,23H,11H2,(H2,21,22,24,26). The summed E-state index contributed by atoms with van der Waals surface area (Å²) in [6.07, 6.45) is 0. The molecule has 1 heterocycles. The summed E-state index contributed by atoms with van der Waals surface area (Å²) in [6, 6.07) is 17.6. The van der Waals surface area contributed by atoms with Gasteiger partial charge in [-0.2, -0.15) is 0 Å². The van der Waals surface area contributed by atoms with Crippen LogP contribution in [0.3, 0.4) is 0 Å². The summed E-state index contributed by atoms with van der Waals surface area (Å²) < 4.78 is 5.52. The molecule has 0 spiro atoms. The summed E-state index contributed by atoms with van der Waals surface area (Å²) in [4.78, 5) is 12.2. The monoisotopic (exact) mass is 386 g/mol. The van der Waals surface area contributed by atoms with Gasteiger partial charge in [-0.25, -0.2) is 0 Å². The lowest BCUT2D eigenvalue weighted by atomic mass is 10.1. The molecular formula is C19H15ClN2O3S. The van der Waals surface area contributed by atoms with E-state index in [9.17, 15) is 4.79 Å². The smallest absolute Gasteiger partial charge is 0.258 e. The van der Waals surface area contributed by atoms with Crippen molar-refractivity contribution in [1.29, 1.82) is 0 Å². The molecule has 2 aromatic carbocycles. The minimum absolute atomic E-state index is 0.155. The Kier molecular flexibility index (Phi) is 5.68. The number of anilines is 1. The predicted octanol–water partition coefficient (Wildman–Crippen LogP) is 4.22. The van der Waals surface area contributed by atoms with E-state index in [-0.39, 0.29) is 17.6 Å². The summed E-state index contributed by atoms with van der Waals surface area (Å²) in [5.74, 6) is 0.729. The molecule has 0 fully saturated rings. The van der Waals surface area contributed by atoms with E-state index in [0.29, 0.717) is 27.8 Å². The minimum Gasteiger partial charge on any atom is -0.459 e. The van der Waals surface area contributed by atoms with Gasteiger partial charge in [0.1, 0.15) is 18.1 Å². The number of thiocarbonyl (C=S) groups is 1. The summed E-state index contributed by atoms with van der Waals surface area (Å²) in [5.41, 5.74) is 1.85. The molecule has 5 nitrogen and oxygen atoms in total. The molecule has 0 atom stereocenters. The average Bonchev–Trinajstić information content (AvgIpc) is 3.11. The van der Waals surface area contributed by atoms with Gasteiger partial charge in [-0.05, 0) is 48.6 Å². The maximum atomic E-state index is 12.2. The van der Waals surface area contributed by atoms with E-state index < -0.39 is 0 Å². The van der Waals surface area contributed by atoms with Crippen LogP contribution in [0, 0.1) is 0 Å². The van der Waals surface area contributed by atoms with Crippen molar-refractivity contribution in [3.8, 4) is 11.3 Å². The Morgan fingerprint density at radius 3 is 2.65 bits per heavy atom. The van der Waals surface area contributed by atoms with Crippen LogP contribution < -0.4 is 10.6 Å². The molecule has 7 heteroatoms. The number of amides is 1. The zero-order chi connectivity index (χ0) is 18.5. The Morgan fingerprint density at radius 1 is 1.12 bits per heavy atom. The predicted molar refractivity (Wildman–Crippen MR) is 105 cm³/mol. The second kappa shape index (κ2) is 8.14. The van der Waals surface area contributed by atoms with Crippen LogP contribution in [-0.2, 0) is 6.61 Å². The highest BCUT2D eigenvalue weighted by atomic mass is 35.5. The fraction of sp³-hybridized carbons (Fsp3) is 0.0526. The number of aliphatic hydroxyl groups is 1. The topological polar surface area (TPSA) is 74.5 Å². The van der Waals surface area contributed by atoms with Crippen molar-refractivity contribution in [3.05, 3.63) is 77.0 Å². The number of benzene rings is 2. The maximum Gasteiger partial charge on any atom is 0.258 e. The molecule has 26 heavy (non-hydrogen) atoms. The summed E-state index contributed by atoms with van der Waals surface area (Å²) in [6.45, 7) is -0.157. The van der Waals surface area contributed by atoms with Crippen molar-refractivity contribution >= 4 is 40.5 Å². The van der Waals surface area contributed by atoms with Crippen molar-refractivity contribution in [2.24, 2.45) is 0 Å². The molecule has 0 saturated heterocycles. The Hall–Kier alpha value is -2.67. The lowest BCUT2D eigenvalue weighted by Gasteiger charge is -2.11. The van der Waals surface area contributed by atoms with E-state index >= 15 is 0 Å². The molecule has 3 rings (SSSR count). The zero-order valence-electron chi connectivity index (χ0n) is 13.5. The molecule has 0 bridgehead atoms. The third-order valence-corrected chi connectivity index (χ3v) is 4.10. The number of carbonyl (C=O) groups is 1. The molecule has 3 N–H and O–H groups in total. The van der Waals surface area contributed by atoms with Crippen LogP contribution in [0.25, 0.3) is 11.3 Å². The van der Waals surface area contributed by atoms with E-state index in [1.165, 1.54) is 0 Å². The van der Waals surface area contributed by atoms with E-state index in [4.69, 9.17) is 33.3 Å². The number of halogens is 1. The van der Waals surface area contributed by atoms with Crippen molar-refractivity contribution in [2.45, 2.75) is 6.61 Å². The van der Waals surface area contributed by atoms with Crippen molar-refractivity contribution in [1.82, 2.24) is 5.32 Å². The second-order valence-electron chi connectivity index (χ2n) is 5.39. The molecule has 0 aliphatic rings. The third kappa shape index (κ3) is 4.29. The van der Waals surface area contributed by atoms with Crippen LogP contribution in [0.1, 0.15) is 16.1 Å². The highest BCUT2D eigenvalue weighted by Crippen LogP contribution is 2.25. The first-order valence-corrected chi connectivity index (χ1v) is 8.52. The molecule has 0 unspecified atom stereocenters. The molecular weight excluding hydrogens is 372 g/mol. The Morgan fingerprint density at radius 2 is 1.92 bits per heavy atom. The van der Waals surface area contributed by atoms with Crippen LogP contribution in [0.2, 0.25) is 5.02 Å². The van der Waals surface area contributed by atoms with Gasteiger partial charge in [0.2, 0.25) is 0 Å². The van der Waals surface area contributed by atoms with Crippen molar-refractivity contribution < 1.29 is 14.3 Å². The number of aliphatic hydroxyl groups excluding tert-OH is 1. The van der Waals surface area contributed by atoms with Gasteiger partial charge in [0, 0.05) is 11.3 Å². The Balaban J connectivity index is 1.69. The van der Waals surface area contributed by atoms with Gasteiger partial charge in [0.15, 0.2) is 5.11 Å². The summed E-state index contributed by atoms with van der Waals surface area (Å²) in [7, 11) is 0. The molecule has 0 aliphatic carbocycles. The van der Waals surface area contributed by atoms with Gasteiger partial charge in [-0.15, -0.1) is 0 Å². The van der Waals surface area contributed by atoms with Gasteiger partial charge in [0.25, 0.3) is 5.91 Å². The van der Waals surface area contributed by atoms with E-state index in [0.717, 1.165) is 5.56 Å². The Bertz CT molecular complexity index is 955. The normalized spacial score (nSPS) is 10.4. The summed E-state index contributed by atoms with van der Waals surface area (Å²) in [5, 5.41) is 15.2. The first-order valence-electron chi connectivity index (χ1n) is 7.73. The Labute approximate surface area is 160 Å². The van der Waals surface area contributed by atoms with Gasteiger partial charge in [0.05, 0.1) is 10.6 Å². The number of hydrogen-bond donors (Lipinski definition) is 3.